The lowest BCUT2D eigenvalue weighted by molar-refractivity contribution is -0.384. The van der Waals surface area contributed by atoms with Crippen molar-refractivity contribution in [2.45, 2.75) is 44.8 Å². The number of aromatic nitrogens is 2. The van der Waals surface area contributed by atoms with Gasteiger partial charge in [0, 0.05) is 36.7 Å². The number of nitro benzene ring substituents is 1. The minimum absolute atomic E-state index is 0.0112. The van der Waals surface area contributed by atoms with Crippen molar-refractivity contribution in [3.05, 3.63) is 40.3 Å². The van der Waals surface area contributed by atoms with Crippen molar-refractivity contribution in [3.8, 4) is 11.5 Å². The van der Waals surface area contributed by atoms with E-state index in [0.29, 0.717) is 12.1 Å². The first kappa shape index (κ1) is 19.0. The van der Waals surface area contributed by atoms with Gasteiger partial charge in [-0.2, -0.15) is 0 Å². The van der Waals surface area contributed by atoms with Gasteiger partial charge in [-0.05, 0) is 25.0 Å². The Kier molecular flexibility index (Phi) is 5.24. The number of nitro groups is 1. The maximum absolute atomic E-state index is 12.3. The van der Waals surface area contributed by atoms with Crippen molar-refractivity contribution < 1.29 is 23.7 Å². The third-order valence-electron chi connectivity index (χ3n) is 5.39. The van der Waals surface area contributed by atoms with E-state index < -0.39 is 16.8 Å². The van der Waals surface area contributed by atoms with Gasteiger partial charge in [-0.15, -0.1) is 10.2 Å². The van der Waals surface area contributed by atoms with Crippen LogP contribution in [0, 0.1) is 16.0 Å². The zero-order chi connectivity index (χ0) is 20.4. The van der Waals surface area contributed by atoms with Crippen molar-refractivity contribution >= 4 is 17.6 Å². The first-order valence-corrected chi connectivity index (χ1v) is 9.54. The Morgan fingerprint density at radius 1 is 1.24 bits per heavy atom. The summed E-state index contributed by atoms with van der Waals surface area (Å²) in [6.45, 7) is 0.215. The van der Waals surface area contributed by atoms with E-state index >= 15 is 0 Å². The van der Waals surface area contributed by atoms with Crippen molar-refractivity contribution in [2.24, 2.45) is 5.92 Å². The Morgan fingerprint density at radius 2 is 1.97 bits per heavy atom. The topological polar surface area (TPSA) is 129 Å². The fraction of sp³-hybridized carbons (Fsp3) is 0.474. The molecule has 4 rings (SSSR count). The van der Waals surface area contributed by atoms with Crippen molar-refractivity contribution in [2.75, 3.05) is 6.54 Å². The van der Waals surface area contributed by atoms with Gasteiger partial charge in [-0.25, -0.2) is 0 Å². The molecule has 1 aromatic carbocycles. The molecule has 0 radical (unpaired) electrons. The van der Waals surface area contributed by atoms with Crippen LogP contribution in [-0.4, -0.2) is 44.5 Å². The molecule has 1 aromatic heterocycles. The van der Waals surface area contributed by atoms with Crippen LogP contribution in [0.5, 0.6) is 0 Å². The zero-order valence-electron chi connectivity index (χ0n) is 15.7. The summed E-state index contributed by atoms with van der Waals surface area (Å²) < 4.78 is 10.7. The van der Waals surface area contributed by atoms with E-state index in [4.69, 9.17) is 9.15 Å². The number of carbonyl (C=O) groups is 2. The molecule has 0 spiro atoms. The van der Waals surface area contributed by atoms with E-state index in [1.54, 1.807) is 0 Å². The summed E-state index contributed by atoms with van der Waals surface area (Å²) in [7, 11) is 0. The molecule has 1 aliphatic heterocycles. The minimum Gasteiger partial charge on any atom is -0.455 e. The number of amides is 1. The molecular formula is C19H20N4O6. The average molecular weight is 400 g/mol. The zero-order valence-corrected chi connectivity index (χ0v) is 15.7. The molecule has 1 amide bonds. The summed E-state index contributed by atoms with van der Waals surface area (Å²) in [4.78, 5) is 36.6. The molecule has 29 heavy (non-hydrogen) atoms. The molecule has 1 aliphatic carbocycles. The third kappa shape index (κ3) is 4.10. The monoisotopic (exact) mass is 400 g/mol. The van der Waals surface area contributed by atoms with Crippen LogP contribution < -0.4 is 0 Å². The molecule has 10 heteroatoms. The molecule has 2 heterocycles. The summed E-state index contributed by atoms with van der Waals surface area (Å²) in [6, 6.07) is 5.94. The Bertz CT molecular complexity index is 919. The van der Waals surface area contributed by atoms with Gasteiger partial charge >= 0.3 is 5.97 Å². The van der Waals surface area contributed by atoms with E-state index in [0.717, 1.165) is 25.7 Å². The Morgan fingerprint density at radius 3 is 2.66 bits per heavy atom. The van der Waals surface area contributed by atoms with Gasteiger partial charge in [-0.1, -0.05) is 12.8 Å². The maximum Gasteiger partial charge on any atom is 0.311 e. The van der Waals surface area contributed by atoms with Crippen molar-refractivity contribution in [1.29, 1.82) is 0 Å². The average Bonchev–Trinajstić information content (AvgIpc) is 3.47. The van der Waals surface area contributed by atoms with Gasteiger partial charge in [-0.3, -0.25) is 19.7 Å². The summed E-state index contributed by atoms with van der Waals surface area (Å²) in [5.41, 5.74) is 0.481. The smallest absolute Gasteiger partial charge is 0.311 e. The summed E-state index contributed by atoms with van der Waals surface area (Å²) in [6.07, 6.45) is 4.42. The van der Waals surface area contributed by atoms with Crippen LogP contribution in [-0.2, 0) is 20.9 Å². The first-order chi connectivity index (χ1) is 14.0. The number of esters is 1. The number of hydrogen-bond donors (Lipinski definition) is 0. The number of hydrogen-bond acceptors (Lipinski definition) is 8. The highest BCUT2D eigenvalue weighted by molar-refractivity contribution is 5.87. The number of benzene rings is 1. The lowest BCUT2D eigenvalue weighted by atomic mass is 10.1. The van der Waals surface area contributed by atoms with Gasteiger partial charge in [0.1, 0.15) is 0 Å². The van der Waals surface area contributed by atoms with Crippen molar-refractivity contribution in [3.63, 3.8) is 0 Å². The highest BCUT2D eigenvalue weighted by Crippen LogP contribution is 2.30. The van der Waals surface area contributed by atoms with Crippen LogP contribution in [0.1, 0.15) is 38.0 Å². The number of likely N-dealkylation sites (tertiary alicyclic amines) is 1. The van der Waals surface area contributed by atoms with Crippen LogP contribution in [0.4, 0.5) is 5.69 Å². The number of nitrogens with zero attached hydrogens (tertiary/aromatic N) is 4. The van der Waals surface area contributed by atoms with Crippen LogP contribution in [0.15, 0.2) is 28.7 Å². The molecule has 2 aliphatic rings. The minimum atomic E-state index is -0.496. The van der Waals surface area contributed by atoms with Crippen LogP contribution in [0.3, 0.4) is 0 Å². The van der Waals surface area contributed by atoms with Gasteiger partial charge in [0.2, 0.25) is 11.8 Å². The fourth-order valence-electron chi connectivity index (χ4n) is 3.86. The predicted molar refractivity (Wildman–Crippen MR) is 98.3 cm³/mol. The fourth-order valence-corrected chi connectivity index (χ4v) is 3.86. The second-order valence-electron chi connectivity index (χ2n) is 7.30. The normalized spacial score (nSPS) is 19.7. The molecule has 0 N–H and O–H groups in total. The summed E-state index contributed by atoms with van der Waals surface area (Å²) in [5.74, 6) is -0.621. The summed E-state index contributed by atoms with van der Waals surface area (Å²) in [5, 5.41) is 18.4. The summed E-state index contributed by atoms with van der Waals surface area (Å²) >= 11 is 0. The Balaban J connectivity index is 1.32. The van der Waals surface area contributed by atoms with E-state index in [-0.39, 0.29) is 42.4 Å². The van der Waals surface area contributed by atoms with Crippen LogP contribution in [0.25, 0.3) is 11.5 Å². The van der Waals surface area contributed by atoms with Crippen LogP contribution >= 0.6 is 0 Å². The standard InChI is InChI=1S/C19H20N4O6/c24-17-9-13(10-22(17)14-3-1-2-4-14)19(25)28-11-16-20-21-18(29-16)12-5-7-15(8-6-12)23(26)27/h5-8,13-14H,1-4,9-11H2/t13-/m1/s1. The van der Waals surface area contributed by atoms with Gasteiger partial charge in [0.25, 0.3) is 11.6 Å². The molecule has 2 fully saturated rings. The van der Waals surface area contributed by atoms with Crippen LogP contribution in [0.2, 0.25) is 0 Å². The number of ether oxygens (including phenoxy) is 1. The molecule has 1 saturated heterocycles. The van der Waals surface area contributed by atoms with E-state index in [9.17, 15) is 19.7 Å². The number of carbonyl (C=O) groups excluding carboxylic acids is 2. The second kappa shape index (κ2) is 7.98. The molecule has 1 saturated carbocycles. The highest BCUT2D eigenvalue weighted by Gasteiger charge is 2.39. The third-order valence-corrected chi connectivity index (χ3v) is 5.39. The predicted octanol–water partition coefficient (Wildman–Crippen LogP) is 2.48. The van der Waals surface area contributed by atoms with E-state index in [2.05, 4.69) is 10.2 Å². The van der Waals surface area contributed by atoms with Gasteiger partial charge in [0.05, 0.1) is 10.8 Å². The second-order valence-corrected chi connectivity index (χ2v) is 7.30. The van der Waals surface area contributed by atoms with Crippen molar-refractivity contribution in [1.82, 2.24) is 15.1 Å². The SMILES string of the molecule is O=C(OCc1nnc(-c2ccc([N+](=O)[O-])cc2)o1)[C@@H]1CC(=O)N(C2CCCC2)C1. The van der Waals surface area contributed by atoms with E-state index in [1.807, 2.05) is 4.90 Å². The van der Waals surface area contributed by atoms with Gasteiger partial charge < -0.3 is 14.1 Å². The highest BCUT2D eigenvalue weighted by atomic mass is 16.6. The molecule has 10 nitrogen and oxygen atoms in total. The molecular weight excluding hydrogens is 380 g/mol. The maximum atomic E-state index is 12.3. The lowest BCUT2D eigenvalue weighted by Crippen LogP contribution is -2.35. The largest absolute Gasteiger partial charge is 0.455 e. The Hall–Kier alpha value is -3.30. The number of rotatable bonds is 6. The molecule has 0 bridgehead atoms. The lowest BCUT2D eigenvalue weighted by Gasteiger charge is -2.23. The molecule has 1 atom stereocenters. The Labute approximate surface area is 166 Å². The van der Waals surface area contributed by atoms with E-state index in [1.165, 1.54) is 24.3 Å². The van der Waals surface area contributed by atoms with Gasteiger partial charge in [0.15, 0.2) is 6.61 Å². The number of non-ortho nitro benzene ring substituents is 1. The molecule has 2 aromatic rings. The first-order valence-electron chi connectivity index (χ1n) is 9.54. The molecule has 0 unspecified atom stereocenters. The molecule has 152 valence electrons. The quantitative estimate of drug-likeness (QED) is 0.411.